The zero-order valence-electron chi connectivity index (χ0n) is 9.60. The molecule has 0 fully saturated rings. The molecule has 0 saturated carbocycles. The summed E-state index contributed by atoms with van der Waals surface area (Å²) in [6.07, 6.45) is 1.07. The molecule has 2 aromatic rings. The smallest absolute Gasteiger partial charge is 0.224 e. The number of hydrogen-bond acceptors (Lipinski definition) is 3. The molecule has 1 aliphatic heterocycles. The van der Waals surface area contributed by atoms with Gasteiger partial charge in [-0.25, -0.2) is 0 Å². The van der Waals surface area contributed by atoms with Crippen LogP contribution < -0.4 is 5.32 Å². The van der Waals surface area contributed by atoms with E-state index in [1.54, 1.807) is 12.1 Å². The van der Waals surface area contributed by atoms with Gasteiger partial charge in [0.1, 0.15) is 5.76 Å². The van der Waals surface area contributed by atoms with Gasteiger partial charge in [-0.1, -0.05) is 12.1 Å². The molecular weight excluding hydrogens is 230 g/mol. The van der Waals surface area contributed by atoms with Gasteiger partial charge in [-0.05, 0) is 29.3 Å². The SMILES string of the molecule is O=Cc1ccc(-c2ccc3c(c2)CC(=O)NC3)o1. The van der Waals surface area contributed by atoms with Crippen molar-refractivity contribution in [1.29, 1.82) is 0 Å². The standard InChI is InChI=1S/C14H11NO3/c16-8-12-3-4-13(18-12)9-1-2-10-7-15-14(17)6-11(10)5-9/h1-5,8H,6-7H2,(H,15,17). The number of nitrogens with one attached hydrogen (secondary N) is 1. The predicted molar refractivity (Wildman–Crippen MR) is 65.1 cm³/mol. The highest BCUT2D eigenvalue weighted by atomic mass is 16.3. The van der Waals surface area contributed by atoms with E-state index in [0.29, 0.717) is 30.8 Å². The quantitative estimate of drug-likeness (QED) is 0.817. The van der Waals surface area contributed by atoms with Crippen molar-refractivity contribution < 1.29 is 14.0 Å². The zero-order chi connectivity index (χ0) is 12.5. The number of rotatable bonds is 2. The van der Waals surface area contributed by atoms with E-state index in [1.165, 1.54) is 0 Å². The normalized spacial score (nSPS) is 13.9. The molecule has 1 amide bonds. The Morgan fingerprint density at radius 1 is 1.17 bits per heavy atom. The maximum atomic E-state index is 11.3. The minimum absolute atomic E-state index is 0.0349. The summed E-state index contributed by atoms with van der Waals surface area (Å²) in [7, 11) is 0. The average Bonchev–Trinajstić information content (AvgIpc) is 2.86. The molecule has 1 N–H and O–H groups in total. The second kappa shape index (κ2) is 4.14. The summed E-state index contributed by atoms with van der Waals surface area (Å²) in [5, 5.41) is 2.80. The fraction of sp³-hybridized carbons (Fsp3) is 0.143. The number of carbonyl (C=O) groups is 2. The number of hydrogen-bond donors (Lipinski definition) is 1. The Morgan fingerprint density at radius 2 is 2.06 bits per heavy atom. The van der Waals surface area contributed by atoms with Crippen LogP contribution in [0.1, 0.15) is 21.7 Å². The van der Waals surface area contributed by atoms with Crippen LogP contribution >= 0.6 is 0 Å². The van der Waals surface area contributed by atoms with E-state index in [2.05, 4.69) is 5.32 Å². The zero-order valence-corrected chi connectivity index (χ0v) is 9.60. The molecule has 2 heterocycles. The molecule has 0 unspecified atom stereocenters. The van der Waals surface area contributed by atoms with Crippen LogP contribution in [-0.4, -0.2) is 12.2 Å². The number of benzene rings is 1. The first-order valence-electron chi connectivity index (χ1n) is 5.70. The highest BCUT2D eigenvalue weighted by Crippen LogP contribution is 2.25. The van der Waals surface area contributed by atoms with Crippen molar-refractivity contribution in [2.45, 2.75) is 13.0 Å². The average molecular weight is 241 g/mol. The molecular formula is C14H11NO3. The topological polar surface area (TPSA) is 59.3 Å². The first-order chi connectivity index (χ1) is 8.76. The maximum Gasteiger partial charge on any atom is 0.224 e. The monoisotopic (exact) mass is 241 g/mol. The van der Waals surface area contributed by atoms with Crippen LogP contribution in [0.5, 0.6) is 0 Å². The molecule has 0 saturated heterocycles. The van der Waals surface area contributed by atoms with Gasteiger partial charge in [-0.3, -0.25) is 9.59 Å². The maximum absolute atomic E-state index is 11.3. The second-order valence-electron chi connectivity index (χ2n) is 4.26. The van der Waals surface area contributed by atoms with Crippen LogP contribution in [0.15, 0.2) is 34.7 Å². The largest absolute Gasteiger partial charge is 0.453 e. The summed E-state index contributed by atoms with van der Waals surface area (Å²) < 4.78 is 5.37. The van der Waals surface area contributed by atoms with Crippen LogP contribution in [-0.2, 0) is 17.8 Å². The van der Waals surface area contributed by atoms with Crippen molar-refractivity contribution in [1.82, 2.24) is 5.32 Å². The van der Waals surface area contributed by atoms with Crippen LogP contribution in [0.3, 0.4) is 0 Å². The molecule has 0 spiro atoms. The molecule has 90 valence electrons. The van der Waals surface area contributed by atoms with Gasteiger partial charge < -0.3 is 9.73 Å². The molecule has 1 aliphatic rings. The van der Waals surface area contributed by atoms with Gasteiger partial charge in [0.25, 0.3) is 0 Å². The second-order valence-corrected chi connectivity index (χ2v) is 4.26. The Bertz CT molecular complexity index is 628. The lowest BCUT2D eigenvalue weighted by Crippen LogP contribution is -2.30. The van der Waals surface area contributed by atoms with Gasteiger partial charge in [-0.2, -0.15) is 0 Å². The number of carbonyl (C=O) groups excluding carboxylic acids is 2. The third-order valence-corrected chi connectivity index (χ3v) is 3.06. The first-order valence-corrected chi connectivity index (χ1v) is 5.70. The van der Waals surface area contributed by atoms with Crippen molar-refractivity contribution in [3.05, 3.63) is 47.2 Å². The van der Waals surface area contributed by atoms with E-state index in [9.17, 15) is 9.59 Å². The van der Waals surface area contributed by atoms with Crippen LogP contribution in [0.4, 0.5) is 0 Å². The number of amides is 1. The molecule has 1 aromatic heterocycles. The lowest BCUT2D eigenvalue weighted by molar-refractivity contribution is -0.121. The van der Waals surface area contributed by atoms with E-state index in [4.69, 9.17) is 4.42 Å². The fourth-order valence-electron chi connectivity index (χ4n) is 2.12. The minimum Gasteiger partial charge on any atom is -0.453 e. The van der Waals surface area contributed by atoms with E-state index in [1.807, 2.05) is 18.2 Å². The van der Waals surface area contributed by atoms with Crippen molar-refractivity contribution in [3.63, 3.8) is 0 Å². The van der Waals surface area contributed by atoms with Crippen molar-refractivity contribution in [3.8, 4) is 11.3 Å². The number of fused-ring (bicyclic) bond motifs is 1. The molecule has 1 aromatic carbocycles. The van der Waals surface area contributed by atoms with Gasteiger partial charge >= 0.3 is 0 Å². The highest BCUT2D eigenvalue weighted by molar-refractivity contribution is 5.81. The summed E-state index contributed by atoms with van der Waals surface area (Å²) in [5.41, 5.74) is 3.03. The van der Waals surface area contributed by atoms with E-state index >= 15 is 0 Å². The Kier molecular flexibility index (Phi) is 2.48. The Hall–Kier alpha value is -2.36. The van der Waals surface area contributed by atoms with Gasteiger partial charge in [0.05, 0.1) is 6.42 Å². The Balaban J connectivity index is 2.01. The number of aldehydes is 1. The Labute approximate surface area is 104 Å². The molecule has 0 atom stereocenters. The predicted octanol–water partition coefficient (Wildman–Crippen LogP) is 1.93. The summed E-state index contributed by atoms with van der Waals surface area (Å²) in [6, 6.07) is 9.25. The molecule has 18 heavy (non-hydrogen) atoms. The van der Waals surface area contributed by atoms with Crippen LogP contribution in [0.2, 0.25) is 0 Å². The van der Waals surface area contributed by atoms with E-state index in [0.717, 1.165) is 16.7 Å². The molecule has 0 aliphatic carbocycles. The lowest BCUT2D eigenvalue weighted by atomic mass is 9.97. The first kappa shape index (κ1) is 10.8. The lowest BCUT2D eigenvalue weighted by Gasteiger charge is -2.17. The van der Waals surface area contributed by atoms with Crippen molar-refractivity contribution in [2.24, 2.45) is 0 Å². The van der Waals surface area contributed by atoms with Crippen LogP contribution in [0, 0.1) is 0 Å². The molecule has 4 heteroatoms. The van der Waals surface area contributed by atoms with Gasteiger partial charge in [0, 0.05) is 12.1 Å². The van der Waals surface area contributed by atoms with Crippen molar-refractivity contribution >= 4 is 12.2 Å². The Morgan fingerprint density at radius 3 is 2.83 bits per heavy atom. The third-order valence-electron chi connectivity index (χ3n) is 3.06. The van der Waals surface area contributed by atoms with Gasteiger partial charge in [-0.15, -0.1) is 0 Å². The fourth-order valence-corrected chi connectivity index (χ4v) is 2.12. The third kappa shape index (κ3) is 1.82. The summed E-state index contributed by atoms with van der Waals surface area (Å²) in [6.45, 7) is 0.576. The summed E-state index contributed by atoms with van der Waals surface area (Å²) in [4.78, 5) is 21.9. The van der Waals surface area contributed by atoms with Gasteiger partial charge in [0.2, 0.25) is 5.91 Å². The molecule has 0 radical (unpaired) electrons. The van der Waals surface area contributed by atoms with Gasteiger partial charge in [0.15, 0.2) is 12.0 Å². The van der Waals surface area contributed by atoms with Crippen LogP contribution in [0.25, 0.3) is 11.3 Å². The minimum atomic E-state index is 0.0349. The molecule has 0 bridgehead atoms. The molecule has 4 nitrogen and oxygen atoms in total. The van der Waals surface area contributed by atoms with E-state index in [-0.39, 0.29) is 5.91 Å². The number of furan rings is 1. The van der Waals surface area contributed by atoms with E-state index < -0.39 is 0 Å². The van der Waals surface area contributed by atoms with Crippen molar-refractivity contribution in [2.75, 3.05) is 0 Å². The molecule has 3 rings (SSSR count). The summed E-state index contributed by atoms with van der Waals surface area (Å²) in [5.74, 6) is 0.985. The summed E-state index contributed by atoms with van der Waals surface area (Å²) >= 11 is 0. The highest BCUT2D eigenvalue weighted by Gasteiger charge is 2.16.